The van der Waals surface area contributed by atoms with Crippen molar-refractivity contribution in [3.05, 3.63) is 17.5 Å². The highest BCUT2D eigenvalue weighted by atomic mass is 32.2. The number of urea groups is 1. The Kier molecular flexibility index (Phi) is 11.9. The van der Waals surface area contributed by atoms with Gasteiger partial charge in [-0.2, -0.15) is 4.31 Å². The molecule has 1 aromatic heterocycles. The first-order valence-electron chi connectivity index (χ1n) is 17.2. The van der Waals surface area contributed by atoms with Gasteiger partial charge in [-0.15, -0.1) is 11.3 Å². The number of carbonyl (C=O) groups is 5. The van der Waals surface area contributed by atoms with Crippen molar-refractivity contribution >= 4 is 50.9 Å². The summed E-state index contributed by atoms with van der Waals surface area (Å²) in [7, 11) is -2.30. The maximum absolute atomic E-state index is 14.4. The van der Waals surface area contributed by atoms with Gasteiger partial charge in [0, 0.05) is 26.2 Å². The third-order valence-electron chi connectivity index (χ3n) is 10.5. The molecule has 3 fully saturated rings. The van der Waals surface area contributed by atoms with Gasteiger partial charge < -0.3 is 26.6 Å². The number of fused-ring (bicyclic) bond motifs is 1. The van der Waals surface area contributed by atoms with Crippen LogP contribution in [-0.4, -0.2) is 91.5 Å². The van der Waals surface area contributed by atoms with E-state index in [9.17, 15) is 32.4 Å². The monoisotopic (exact) mass is 722 g/mol. The fourth-order valence-electron chi connectivity index (χ4n) is 7.19. The number of Topliss-reactive ketones (excluding diaryl/α,β-unsaturated/α-hetero) is 1. The SMILES string of the molecule is CN(CC(NC(=O)NC(C(=O)N1CC2CCCC2C1C(=O)NC(CC1CCC1)C(=O)C(N)=O)C(C)(C)C)C(C)(C)C)S(=O)(=O)c1cccs1. The second kappa shape index (κ2) is 15.1. The Morgan fingerprint density at radius 2 is 1.63 bits per heavy atom. The first kappa shape index (κ1) is 38.8. The summed E-state index contributed by atoms with van der Waals surface area (Å²) in [5.41, 5.74) is 4.03. The highest BCUT2D eigenvalue weighted by Crippen LogP contribution is 2.43. The van der Waals surface area contributed by atoms with Crippen LogP contribution in [0.1, 0.15) is 86.5 Å². The number of likely N-dealkylation sites (N-methyl/N-ethyl adjacent to an activating group) is 1. The maximum atomic E-state index is 14.4. The number of nitrogens with one attached hydrogen (secondary N) is 3. The van der Waals surface area contributed by atoms with E-state index in [-0.39, 0.29) is 28.5 Å². The molecule has 2 aliphatic carbocycles. The summed E-state index contributed by atoms with van der Waals surface area (Å²) in [5.74, 6) is -2.65. The summed E-state index contributed by atoms with van der Waals surface area (Å²) in [6.07, 6.45) is 5.69. The van der Waals surface area contributed by atoms with E-state index in [1.165, 1.54) is 22.3 Å². The molecule has 3 aliphatic rings. The average Bonchev–Trinajstić information content (AvgIpc) is 3.73. The molecule has 5 N–H and O–H groups in total. The topological polar surface area (TPSA) is 188 Å². The molecule has 1 aromatic rings. The molecule has 2 saturated carbocycles. The molecule has 5 amide bonds. The largest absolute Gasteiger partial charge is 0.363 e. The zero-order valence-electron chi connectivity index (χ0n) is 29.8. The van der Waals surface area contributed by atoms with E-state index in [1.54, 1.807) is 11.4 Å². The van der Waals surface area contributed by atoms with E-state index in [2.05, 4.69) is 16.0 Å². The molecule has 13 nitrogen and oxygen atoms in total. The molecule has 274 valence electrons. The van der Waals surface area contributed by atoms with Crippen LogP contribution in [-0.2, 0) is 29.2 Å². The Morgan fingerprint density at radius 3 is 2.16 bits per heavy atom. The van der Waals surface area contributed by atoms with Gasteiger partial charge in [0.2, 0.25) is 17.6 Å². The molecule has 1 aliphatic heterocycles. The molecule has 0 bridgehead atoms. The number of ketones is 1. The van der Waals surface area contributed by atoms with E-state index in [0.29, 0.717) is 13.0 Å². The number of sulfonamides is 1. The van der Waals surface area contributed by atoms with Crippen LogP contribution in [0.25, 0.3) is 0 Å². The molecule has 4 rings (SSSR count). The lowest BCUT2D eigenvalue weighted by Gasteiger charge is -2.38. The van der Waals surface area contributed by atoms with Crippen molar-refractivity contribution in [2.75, 3.05) is 20.1 Å². The van der Waals surface area contributed by atoms with Crippen LogP contribution in [0.3, 0.4) is 0 Å². The van der Waals surface area contributed by atoms with Crippen molar-refractivity contribution in [2.24, 2.45) is 34.3 Å². The Bertz CT molecular complexity index is 1500. The Labute approximate surface area is 294 Å². The molecule has 49 heavy (non-hydrogen) atoms. The number of nitrogens with two attached hydrogens (primary N) is 1. The van der Waals surface area contributed by atoms with Crippen molar-refractivity contribution in [3.8, 4) is 0 Å². The normalized spacial score (nSPS) is 23.3. The fourth-order valence-corrected chi connectivity index (χ4v) is 9.58. The van der Waals surface area contributed by atoms with Crippen molar-refractivity contribution < 1.29 is 32.4 Å². The second-order valence-corrected chi connectivity index (χ2v) is 19.4. The van der Waals surface area contributed by atoms with Crippen molar-refractivity contribution in [2.45, 2.75) is 115 Å². The van der Waals surface area contributed by atoms with E-state index in [4.69, 9.17) is 5.73 Å². The number of hydrogen-bond acceptors (Lipinski definition) is 8. The quantitative estimate of drug-likeness (QED) is 0.225. The molecular formula is C34H54N6O7S2. The first-order valence-corrected chi connectivity index (χ1v) is 19.5. The fraction of sp³-hybridized carbons (Fsp3) is 0.735. The van der Waals surface area contributed by atoms with Crippen LogP contribution >= 0.6 is 11.3 Å². The Hall–Kier alpha value is -3.04. The average molecular weight is 723 g/mol. The minimum atomic E-state index is -3.77. The van der Waals surface area contributed by atoms with Crippen LogP contribution in [0, 0.1) is 28.6 Å². The number of likely N-dealkylation sites (tertiary alicyclic amines) is 1. The van der Waals surface area contributed by atoms with Gasteiger partial charge in [-0.3, -0.25) is 19.2 Å². The molecule has 2 heterocycles. The van der Waals surface area contributed by atoms with Crippen molar-refractivity contribution in [1.82, 2.24) is 25.2 Å². The number of rotatable bonds is 13. The molecule has 6 atom stereocenters. The highest BCUT2D eigenvalue weighted by molar-refractivity contribution is 7.91. The zero-order chi connectivity index (χ0) is 36.5. The van der Waals surface area contributed by atoms with Gasteiger partial charge >= 0.3 is 6.03 Å². The third kappa shape index (κ3) is 9.01. The Balaban J connectivity index is 1.52. The van der Waals surface area contributed by atoms with Crippen molar-refractivity contribution in [1.29, 1.82) is 0 Å². The summed E-state index contributed by atoms with van der Waals surface area (Å²) < 4.78 is 27.7. The first-order chi connectivity index (χ1) is 22.7. The van der Waals surface area contributed by atoms with Crippen LogP contribution in [0.5, 0.6) is 0 Å². The minimum absolute atomic E-state index is 0.00490. The smallest absolute Gasteiger partial charge is 0.315 e. The number of amides is 5. The molecule has 1 saturated heterocycles. The van der Waals surface area contributed by atoms with Gasteiger partial charge in [0.15, 0.2) is 0 Å². The van der Waals surface area contributed by atoms with E-state index < -0.39 is 74.6 Å². The number of hydrogen-bond donors (Lipinski definition) is 4. The second-order valence-electron chi connectivity index (χ2n) is 16.2. The van der Waals surface area contributed by atoms with Crippen LogP contribution in [0.2, 0.25) is 0 Å². The lowest BCUT2D eigenvalue weighted by Crippen LogP contribution is -2.62. The van der Waals surface area contributed by atoms with Gasteiger partial charge in [0.05, 0.1) is 6.04 Å². The molecule has 0 spiro atoms. The zero-order valence-corrected chi connectivity index (χ0v) is 31.4. The number of primary amides is 1. The molecule has 0 aromatic carbocycles. The standard InChI is InChI=1S/C34H54N6O7S2/c1-33(2,3)24(19-39(7)49(46,47)25-15-10-16-48-25)37-32(45)38-28(34(4,5)6)31(44)40-18-21-13-9-14-22(21)26(40)30(43)36-23(27(41)29(35)42)17-20-11-8-12-20/h10,15-16,20-24,26,28H,8-9,11-14,17-19H2,1-7H3,(H2,35,42)(H,36,43)(H2,37,38,45). The molecule has 15 heteroatoms. The van der Waals surface area contributed by atoms with Gasteiger partial charge in [-0.1, -0.05) is 73.3 Å². The lowest BCUT2D eigenvalue weighted by molar-refractivity contribution is -0.144. The molecular weight excluding hydrogens is 669 g/mol. The summed E-state index contributed by atoms with van der Waals surface area (Å²) in [6.45, 7) is 11.5. The predicted molar refractivity (Wildman–Crippen MR) is 187 cm³/mol. The minimum Gasteiger partial charge on any atom is -0.363 e. The third-order valence-corrected chi connectivity index (χ3v) is 13.6. The summed E-state index contributed by atoms with van der Waals surface area (Å²) in [4.78, 5) is 68.2. The van der Waals surface area contributed by atoms with E-state index in [0.717, 1.165) is 49.9 Å². The number of carbonyl (C=O) groups excluding carboxylic acids is 5. The summed E-state index contributed by atoms with van der Waals surface area (Å²) in [5, 5.41) is 10.3. The molecule has 0 radical (unpaired) electrons. The van der Waals surface area contributed by atoms with Crippen LogP contribution in [0.15, 0.2) is 21.7 Å². The number of nitrogens with zero attached hydrogens (tertiary/aromatic N) is 2. The summed E-state index contributed by atoms with van der Waals surface area (Å²) >= 11 is 1.12. The lowest BCUT2D eigenvalue weighted by atomic mass is 9.80. The van der Waals surface area contributed by atoms with Crippen molar-refractivity contribution in [3.63, 3.8) is 0 Å². The number of thiophene rings is 1. The maximum Gasteiger partial charge on any atom is 0.315 e. The van der Waals surface area contributed by atoms with Crippen LogP contribution < -0.4 is 21.7 Å². The van der Waals surface area contributed by atoms with E-state index >= 15 is 0 Å². The summed E-state index contributed by atoms with van der Waals surface area (Å²) in [6, 6.07) is -1.01. The Morgan fingerprint density at radius 1 is 0.980 bits per heavy atom. The van der Waals surface area contributed by atoms with E-state index in [1.807, 2.05) is 41.5 Å². The van der Waals surface area contributed by atoms with Gasteiger partial charge in [-0.05, 0) is 59.3 Å². The van der Waals surface area contributed by atoms with Crippen LogP contribution in [0.4, 0.5) is 4.79 Å². The van der Waals surface area contributed by atoms with Gasteiger partial charge in [0.25, 0.3) is 15.9 Å². The highest BCUT2D eigenvalue weighted by Gasteiger charge is 2.52. The van der Waals surface area contributed by atoms with Gasteiger partial charge in [-0.25, -0.2) is 13.2 Å². The van der Waals surface area contributed by atoms with Gasteiger partial charge in [0.1, 0.15) is 16.3 Å². The predicted octanol–water partition coefficient (Wildman–Crippen LogP) is 2.85. The molecule has 6 unspecified atom stereocenters.